The number of carbonyl (C=O) groups excluding carboxylic acids is 1. The molecule has 18 heavy (non-hydrogen) atoms. The molecule has 0 atom stereocenters. The van der Waals surface area contributed by atoms with Crippen LogP contribution in [0.25, 0.3) is 0 Å². The number of nitrogens with zero attached hydrogens (tertiary/aromatic N) is 3. The Bertz CT molecular complexity index is 414. The van der Waals surface area contributed by atoms with E-state index in [2.05, 4.69) is 10.00 Å². The lowest BCUT2D eigenvalue weighted by Crippen LogP contribution is -2.51. The van der Waals surface area contributed by atoms with E-state index in [-0.39, 0.29) is 5.78 Å². The first-order chi connectivity index (χ1) is 8.53. The fraction of sp³-hybridized carbons (Fsp3) is 0.714. The third kappa shape index (κ3) is 2.48. The van der Waals surface area contributed by atoms with Crippen LogP contribution in [0.3, 0.4) is 0 Å². The van der Waals surface area contributed by atoms with E-state index < -0.39 is 5.54 Å². The van der Waals surface area contributed by atoms with Gasteiger partial charge in [-0.2, -0.15) is 5.10 Å². The van der Waals surface area contributed by atoms with Crippen LogP contribution in [-0.4, -0.2) is 39.1 Å². The number of carbonyl (C=O) groups is 1. The molecule has 4 heteroatoms. The molecule has 0 spiro atoms. The van der Waals surface area contributed by atoms with Crippen molar-refractivity contribution in [3.8, 4) is 0 Å². The van der Waals surface area contributed by atoms with Gasteiger partial charge in [0, 0.05) is 13.2 Å². The third-order valence-electron chi connectivity index (χ3n) is 4.01. The molecule has 1 aromatic rings. The first kappa shape index (κ1) is 13.3. The Morgan fingerprint density at radius 1 is 1.22 bits per heavy atom. The number of Topliss-reactive ketones (excluding diaryl/α,β-unsaturated/α-hetero) is 1. The summed E-state index contributed by atoms with van der Waals surface area (Å²) in [7, 11) is 1.83. The molecule has 0 unspecified atom stereocenters. The molecule has 2 rings (SSSR count). The van der Waals surface area contributed by atoms with Crippen molar-refractivity contribution >= 4 is 5.78 Å². The van der Waals surface area contributed by atoms with Crippen LogP contribution in [0.1, 0.15) is 50.0 Å². The largest absolute Gasteiger partial charge is 0.291 e. The van der Waals surface area contributed by atoms with Crippen LogP contribution in [0.2, 0.25) is 0 Å². The van der Waals surface area contributed by atoms with Crippen LogP contribution in [0.15, 0.2) is 12.3 Å². The molecular formula is C14H23N3O. The molecule has 1 aliphatic rings. The molecule has 1 aromatic heterocycles. The summed E-state index contributed by atoms with van der Waals surface area (Å²) in [6.45, 7) is 6.12. The van der Waals surface area contributed by atoms with Gasteiger partial charge in [-0.05, 0) is 45.8 Å². The molecule has 0 bridgehead atoms. The summed E-state index contributed by atoms with van der Waals surface area (Å²) in [5.41, 5.74) is 0.266. The summed E-state index contributed by atoms with van der Waals surface area (Å²) in [4.78, 5) is 15.0. The standard InChI is InChI=1S/C14H23N3O/c1-14(2,17-10-6-4-5-7-11-17)13(18)12-8-9-15-16(12)3/h8-9H,4-7,10-11H2,1-3H3. The van der Waals surface area contributed by atoms with Gasteiger partial charge in [-0.1, -0.05) is 12.8 Å². The van der Waals surface area contributed by atoms with Crippen molar-refractivity contribution in [3.05, 3.63) is 18.0 Å². The number of aromatic nitrogens is 2. The lowest BCUT2D eigenvalue weighted by Gasteiger charge is -2.36. The minimum Gasteiger partial charge on any atom is -0.291 e. The van der Waals surface area contributed by atoms with E-state index in [9.17, 15) is 4.79 Å². The van der Waals surface area contributed by atoms with Crippen LogP contribution < -0.4 is 0 Å². The summed E-state index contributed by atoms with van der Waals surface area (Å²) < 4.78 is 1.67. The number of hydrogen-bond acceptors (Lipinski definition) is 3. The van der Waals surface area contributed by atoms with Gasteiger partial charge in [0.15, 0.2) is 5.78 Å². The molecular weight excluding hydrogens is 226 g/mol. The Labute approximate surface area is 109 Å². The second-order valence-electron chi connectivity index (χ2n) is 5.63. The zero-order valence-corrected chi connectivity index (χ0v) is 11.6. The van der Waals surface area contributed by atoms with Crippen molar-refractivity contribution in [2.45, 2.75) is 45.1 Å². The van der Waals surface area contributed by atoms with Gasteiger partial charge < -0.3 is 0 Å². The molecule has 0 N–H and O–H groups in total. The Hall–Kier alpha value is -1.16. The lowest BCUT2D eigenvalue weighted by atomic mass is 9.94. The van der Waals surface area contributed by atoms with E-state index in [1.807, 2.05) is 27.0 Å². The third-order valence-corrected chi connectivity index (χ3v) is 4.01. The van der Waals surface area contributed by atoms with Crippen molar-refractivity contribution in [2.75, 3.05) is 13.1 Å². The van der Waals surface area contributed by atoms with Gasteiger partial charge in [-0.15, -0.1) is 0 Å². The van der Waals surface area contributed by atoms with Crippen molar-refractivity contribution in [3.63, 3.8) is 0 Å². The van der Waals surface area contributed by atoms with Crippen molar-refractivity contribution in [1.82, 2.24) is 14.7 Å². The fourth-order valence-electron chi connectivity index (χ4n) is 2.68. The zero-order chi connectivity index (χ0) is 13.2. The zero-order valence-electron chi connectivity index (χ0n) is 11.6. The first-order valence-corrected chi connectivity index (χ1v) is 6.81. The highest BCUT2D eigenvalue weighted by Gasteiger charge is 2.36. The van der Waals surface area contributed by atoms with Crippen molar-refractivity contribution in [1.29, 1.82) is 0 Å². The molecule has 2 heterocycles. The average Bonchev–Trinajstić information content (AvgIpc) is 2.61. The normalized spacial score (nSPS) is 18.6. The minimum atomic E-state index is -0.432. The molecule has 0 aromatic carbocycles. The predicted molar refractivity (Wildman–Crippen MR) is 71.7 cm³/mol. The monoisotopic (exact) mass is 249 g/mol. The van der Waals surface area contributed by atoms with Crippen molar-refractivity contribution < 1.29 is 4.79 Å². The number of ketones is 1. The number of rotatable bonds is 3. The highest BCUT2D eigenvalue weighted by Crippen LogP contribution is 2.23. The lowest BCUT2D eigenvalue weighted by molar-refractivity contribution is 0.0639. The molecule has 0 radical (unpaired) electrons. The van der Waals surface area contributed by atoms with Crippen LogP contribution >= 0.6 is 0 Å². The second kappa shape index (κ2) is 5.22. The van der Waals surface area contributed by atoms with E-state index in [4.69, 9.17) is 0 Å². The summed E-state index contributed by atoms with van der Waals surface area (Å²) >= 11 is 0. The summed E-state index contributed by atoms with van der Waals surface area (Å²) in [5, 5.41) is 4.09. The number of aryl methyl sites for hydroxylation is 1. The summed E-state index contributed by atoms with van der Waals surface area (Å²) in [6, 6.07) is 1.81. The van der Waals surface area contributed by atoms with E-state index in [1.165, 1.54) is 25.7 Å². The number of likely N-dealkylation sites (tertiary alicyclic amines) is 1. The molecule has 4 nitrogen and oxygen atoms in total. The molecule has 1 saturated heterocycles. The van der Waals surface area contributed by atoms with E-state index in [0.717, 1.165) is 13.1 Å². The van der Waals surface area contributed by atoms with Crippen LogP contribution in [0.4, 0.5) is 0 Å². The van der Waals surface area contributed by atoms with Crippen molar-refractivity contribution in [2.24, 2.45) is 7.05 Å². The van der Waals surface area contributed by atoms with Gasteiger partial charge in [-0.25, -0.2) is 0 Å². The Balaban J connectivity index is 2.19. The SMILES string of the molecule is Cn1nccc1C(=O)C(C)(C)N1CCCCCC1. The van der Waals surface area contributed by atoms with Crippen LogP contribution in [0.5, 0.6) is 0 Å². The fourth-order valence-corrected chi connectivity index (χ4v) is 2.68. The Morgan fingerprint density at radius 3 is 2.33 bits per heavy atom. The van der Waals surface area contributed by atoms with Gasteiger partial charge in [0.05, 0.1) is 5.54 Å². The number of hydrogen-bond donors (Lipinski definition) is 0. The van der Waals surface area contributed by atoms with E-state index in [0.29, 0.717) is 5.69 Å². The highest BCUT2D eigenvalue weighted by molar-refractivity contribution is 6.01. The second-order valence-corrected chi connectivity index (χ2v) is 5.63. The van der Waals surface area contributed by atoms with Crippen LogP contribution in [-0.2, 0) is 7.05 Å². The van der Waals surface area contributed by atoms with Gasteiger partial charge in [-0.3, -0.25) is 14.4 Å². The maximum absolute atomic E-state index is 12.7. The smallest absolute Gasteiger partial charge is 0.200 e. The molecule has 0 aliphatic carbocycles. The Morgan fingerprint density at radius 2 is 1.83 bits per heavy atom. The maximum atomic E-state index is 12.7. The summed E-state index contributed by atoms with van der Waals surface area (Å²) in [6.07, 6.45) is 6.65. The molecule has 1 aliphatic heterocycles. The Kier molecular flexibility index (Phi) is 3.85. The summed E-state index contributed by atoms with van der Waals surface area (Å²) in [5.74, 6) is 0.171. The molecule has 1 fully saturated rings. The van der Waals surface area contributed by atoms with Gasteiger partial charge in [0.25, 0.3) is 0 Å². The minimum absolute atomic E-state index is 0.171. The van der Waals surface area contributed by atoms with E-state index in [1.54, 1.807) is 10.9 Å². The molecule has 0 amide bonds. The van der Waals surface area contributed by atoms with Gasteiger partial charge in [0.1, 0.15) is 5.69 Å². The molecule has 0 saturated carbocycles. The first-order valence-electron chi connectivity index (χ1n) is 6.81. The quantitative estimate of drug-likeness (QED) is 0.771. The molecule has 100 valence electrons. The topological polar surface area (TPSA) is 38.1 Å². The predicted octanol–water partition coefficient (Wildman–Crippen LogP) is 2.26. The maximum Gasteiger partial charge on any atom is 0.200 e. The van der Waals surface area contributed by atoms with Gasteiger partial charge >= 0.3 is 0 Å². The van der Waals surface area contributed by atoms with E-state index >= 15 is 0 Å². The average molecular weight is 249 g/mol. The van der Waals surface area contributed by atoms with Gasteiger partial charge in [0.2, 0.25) is 0 Å². The van der Waals surface area contributed by atoms with Crippen LogP contribution in [0, 0.1) is 0 Å². The highest BCUT2D eigenvalue weighted by atomic mass is 16.1.